The molecule has 0 aromatic heterocycles. The highest BCUT2D eigenvalue weighted by Crippen LogP contribution is 2.28. The number of amides is 1. The molecular weight excluding hydrogens is 463 g/mol. The quantitative estimate of drug-likeness (QED) is 0.226. The van der Waals surface area contributed by atoms with Crippen LogP contribution < -0.4 is 16.0 Å². The van der Waals surface area contributed by atoms with Crippen LogP contribution in [0.2, 0.25) is 5.02 Å². The number of halogens is 2. The first-order chi connectivity index (χ1) is 11.9. The van der Waals surface area contributed by atoms with Crippen molar-refractivity contribution in [3.63, 3.8) is 0 Å². The summed E-state index contributed by atoms with van der Waals surface area (Å²) in [5.74, 6) is 1.18. The number of nitrogens with zero attached hydrogens (tertiary/aromatic N) is 1. The Morgan fingerprint density at radius 2 is 1.92 bits per heavy atom. The van der Waals surface area contributed by atoms with Crippen molar-refractivity contribution in [2.24, 2.45) is 16.3 Å². The molecule has 1 aliphatic rings. The summed E-state index contributed by atoms with van der Waals surface area (Å²) in [6.07, 6.45) is 2.99. The minimum absolute atomic E-state index is 0. The third-order valence-electron chi connectivity index (χ3n) is 4.19. The maximum atomic E-state index is 11.6. The largest absolute Gasteiger partial charge is 0.356 e. The molecule has 1 amide bonds. The molecule has 1 aliphatic carbocycles. The Morgan fingerprint density at radius 3 is 2.54 bits per heavy atom. The topological polar surface area (TPSA) is 65.5 Å². The van der Waals surface area contributed by atoms with E-state index in [1.807, 2.05) is 18.2 Å². The second-order valence-electron chi connectivity index (χ2n) is 7.39. The Bertz CT molecular complexity index is 617. The second-order valence-corrected chi connectivity index (χ2v) is 7.83. The molecule has 1 fully saturated rings. The minimum Gasteiger partial charge on any atom is -0.356 e. The number of nitrogens with one attached hydrogen (secondary N) is 3. The Kier molecular flexibility index (Phi) is 9.71. The fraction of sp³-hybridized carbons (Fsp3) is 0.579. The van der Waals surface area contributed by atoms with Crippen molar-refractivity contribution in [2.45, 2.75) is 33.1 Å². The van der Waals surface area contributed by atoms with E-state index in [2.05, 4.69) is 40.9 Å². The predicted octanol–water partition coefficient (Wildman–Crippen LogP) is 3.22. The van der Waals surface area contributed by atoms with Gasteiger partial charge in [-0.25, -0.2) is 0 Å². The molecule has 1 aromatic carbocycles. The third-order valence-corrected chi connectivity index (χ3v) is 4.43. The number of aliphatic imine (C=N–C) groups is 1. The highest BCUT2D eigenvalue weighted by Gasteiger charge is 2.29. The van der Waals surface area contributed by atoms with Gasteiger partial charge in [0.1, 0.15) is 0 Å². The molecular formula is C19H30ClIN4O. The van der Waals surface area contributed by atoms with Crippen LogP contribution >= 0.6 is 35.6 Å². The molecule has 0 aliphatic heterocycles. The highest BCUT2D eigenvalue weighted by atomic mass is 127. The molecule has 0 unspecified atom stereocenters. The van der Waals surface area contributed by atoms with Crippen molar-refractivity contribution in [2.75, 3.05) is 26.7 Å². The van der Waals surface area contributed by atoms with Crippen molar-refractivity contribution >= 4 is 47.4 Å². The van der Waals surface area contributed by atoms with Crippen LogP contribution in [0.15, 0.2) is 29.3 Å². The summed E-state index contributed by atoms with van der Waals surface area (Å²) < 4.78 is 0. The molecule has 5 nitrogen and oxygen atoms in total. The van der Waals surface area contributed by atoms with Gasteiger partial charge >= 0.3 is 0 Å². The Morgan fingerprint density at radius 1 is 1.23 bits per heavy atom. The summed E-state index contributed by atoms with van der Waals surface area (Å²) in [7, 11) is 1.75. The van der Waals surface area contributed by atoms with Crippen molar-refractivity contribution in [1.29, 1.82) is 0 Å². The van der Waals surface area contributed by atoms with E-state index in [4.69, 9.17) is 11.6 Å². The highest BCUT2D eigenvalue weighted by molar-refractivity contribution is 14.0. The summed E-state index contributed by atoms with van der Waals surface area (Å²) in [5, 5.41) is 10.3. The maximum Gasteiger partial charge on any atom is 0.223 e. The van der Waals surface area contributed by atoms with Gasteiger partial charge in [0.25, 0.3) is 0 Å². The first kappa shape index (κ1) is 23.0. The molecule has 1 aromatic rings. The Hall–Kier alpha value is -1.02. The average Bonchev–Trinajstić information content (AvgIpc) is 3.38. The minimum atomic E-state index is 0. The monoisotopic (exact) mass is 492 g/mol. The first-order valence-electron chi connectivity index (χ1n) is 8.86. The van der Waals surface area contributed by atoms with E-state index in [9.17, 15) is 4.79 Å². The summed E-state index contributed by atoms with van der Waals surface area (Å²) in [4.78, 5) is 15.8. The second kappa shape index (κ2) is 11.0. The number of benzene rings is 1. The van der Waals surface area contributed by atoms with Gasteiger partial charge in [-0.1, -0.05) is 37.6 Å². The fourth-order valence-corrected chi connectivity index (χ4v) is 2.87. The van der Waals surface area contributed by atoms with Crippen molar-refractivity contribution in [3.05, 3.63) is 34.9 Å². The van der Waals surface area contributed by atoms with Crippen LogP contribution in [0.4, 0.5) is 0 Å². The molecule has 2 rings (SSSR count). The lowest BCUT2D eigenvalue weighted by atomic mass is 9.86. The first-order valence-corrected chi connectivity index (χ1v) is 9.24. The van der Waals surface area contributed by atoms with E-state index >= 15 is 0 Å². The van der Waals surface area contributed by atoms with Crippen LogP contribution in [0.1, 0.15) is 32.3 Å². The lowest BCUT2D eigenvalue weighted by molar-refractivity contribution is -0.122. The van der Waals surface area contributed by atoms with E-state index in [1.165, 1.54) is 5.56 Å². The molecule has 7 heteroatoms. The number of guanidine groups is 1. The van der Waals surface area contributed by atoms with Gasteiger partial charge in [-0.05, 0) is 42.4 Å². The summed E-state index contributed by atoms with van der Waals surface area (Å²) in [5.41, 5.74) is 1.28. The zero-order valence-corrected chi connectivity index (χ0v) is 18.9. The van der Waals surface area contributed by atoms with E-state index in [-0.39, 0.29) is 41.2 Å². The van der Waals surface area contributed by atoms with Crippen LogP contribution in [0.3, 0.4) is 0 Å². The molecule has 0 radical (unpaired) electrons. The SMILES string of the molecule is CN=C(NCCNC(=O)C1CC1)NCC(C)(C)Cc1cccc(Cl)c1.I. The molecule has 0 atom stereocenters. The summed E-state index contributed by atoms with van der Waals surface area (Å²) >= 11 is 6.07. The van der Waals surface area contributed by atoms with Gasteiger partial charge < -0.3 is 16.0 Å². The number of carbonyl (C=O) groups is 1. The standard InChI is InChI=1S/C19H29ClN4O.HI/c1-19(2,12-14-5-4-6-16(20)11-14)13-24-18(21-3)23-10-9-22-17(25)15-7-8-15;/h4-6,11,15H,7-10,12-13H2,1-3H3,(H,22,25)(H2,21,23,24);1H. The van der Waals surface area contributed by atoms with E-state index in [1.54, 1.807) is 7.05 Å². The van der Waals surface area contributed by atoms with Gasteiger partial charge in [0.05, 0.1) is 0 Å². The lowest BCUT2D eigenvalue weighted by Crippen LogP contribution is -2.45. The van der Waals surface area contributed by atoms with Crippen LogP contribution in [0, 0.1) is 11.3 Å². The van der Waals surface area contributed by atoms with Crippen LogP contribution in [-0.4, -0.2) is 38.5 Å². The van der Waals surface area contributed by atoms with Gasteiger partial charge in [0.2, 0.25) is 5.91 Å². The molecule has 0 saturated heterocycles. The summed E-state index contributed by atoms with van der Waals surface area (Å²) in [6.45, 7) is 6.48. The Labute approximate surface area is 178 Å². The zero-order valence-electron chi connectivity index (χ0n) is 15.8. The number of rotatable bonds is 8. The molecule has 26 heavy (non-hydrogen) atoms. The van der Waals surface area contributed by atoms with Crippen molar-refractivity contribution in [1.82, 2.24) is 16.0 Å². The van der Waals surface area contributed by atoms with Gasteiger partial charge in [-0.2, -0.15) is 0 Å². The van der Waals surface area contributed by atoms with Gasteiger partial charge in [-0.15, -0.1) is 24.0 Å². The molecule has 0 spiro atoms. The van der Waals surface area contributed by atoms with E-state index < -0.39 is 0 Å². The lowest BCUT2D eigenvalue weighted by Gasteiger charge is -2.26. The van der Waals surface area contributed by atoms with E-state index in [0.29, 0.717) is 13.1 Å². The molecule has 3 N–H and O–H groups in total. The van der Waals surface area contributed by atoms with Crippen LogP contribution in [0.5, 0.6) is 0 Å². The average molecular weight is 493 g/mol. The van der Waals surface area contributed by atoms with Crippen molar-refractivity contribution in [3.8, 4) is 0 Å². The molecule has 0 bridgehead atoms. The normalized spacial score (nSPS) is 14.4. The Balaban J connectivity index is 0.00000338. The summed E-state index contributed by atoms with van der Waals surface area (Å²) in [6, 6.07) is 7.99. The number of carbonyl (C=O) groups excluding carboxylic acids is 1. The molecule has 1 saturated carbocycles. The molecule has 0 heterocycles. The van der Waals surface area contributed by atoms with Gasteiger partial charge in [-0.3, -0.25) is 9.79 Å². The smallest absolute Gasteiger partial charge is 0.223 e. The van der Waals surface area contributed by atoms with Gasteiger partial charge in [0.15, 0.2) is 5.96 Å². The maximum absolute atomic E-state index is 11.6. The van der Waals surface area contributed by atoms with E-state index in [0.717, 1.165) is 36.8 Å². The van der Waals surface area contributed by atoms with Gasteiger partial charge in [0, 0.05) is 37.6 Å². The number of hydrogen-bond donors (Lipinski definition) is 3. The molecule has 146 valence electrons. The zero-order chi connectivity index (χ0) is 18.3. The predicted molar refractivity (Wildman–Crippen MR) is 119 cm³/mol. The van der Waals surface area contributed by atoms with Crippen molar-refractivity contribution < 1.29 is 4.79 Å². The van der Waals surface area contributed by atoms with Crippen LogP contribution in [0.25, 0.3) is 0 Å². The third kappa shape index (κ3) is 8.58. The van der Waals surface area contributed by atoms with Crippen LogP contribution in [-0.2, 0) is 11.2 Å². The fourth-order valence-electron chi connectivity index (χ4n) is 2.66. The number of hydrogen-bond acceptors (Lipinski definition) is 2.